The first-order valence-corrected chi connectivity index (χ1v) is 5.74. The molecule has 0 saturated heterocycles. The maximum absolute atomic E-state index is 11.3. The molecule has 2 nitrogen and oxygen atoms in total. The van der Waals surface area contributed by atoms with Gasteiger partial charge in [-0.2, -0.15) is 0 Å². The number of nitrogens with one attached hydrogen (secondary N) is 1. The highest BCUT2D eigenvalue weighted by atomic mass is 16.1. The molecule has 1 N–H and O–H groups in total. The van der Waals surface area contributed by atoms with Crippen LogP contribution in [0.3, 0.4) is 0 Å². The lowest BCUT2D eigenvalue weighted by Crippen LogP contribution is -2.30. The zero-order valence-electron chi connectivity index (χ0n) is 10.7. The summed E-state index contributed by atoms with van der Waals surface area (Å²) in [5.41, 5.74) is 0. The maximum atomic E-state index is 11.3. The molecular weight excluding hydrogens is 210 g/mol. The first kappa shape index (κ1) is 15.1. The number of rotatable bonds is 5. The molecule has 0 radical (unpaired) electrons. The number of carbonyl (C=O) groups is 1. The van der Waals surface area contributed by atoms with Gasteiger partial charge >= 0.3 is 0 Å². The summed E-state index contributed by atoms with van der Waals surface area (Å²) in [6.07, 6.45) is 8.50. The molecule has 0 aromatic carbocycles. The minimum Gasteiger partial charge on any atom is -0.350 e. The SMILES string of the molecule is CC#CC#CCC=CC=CC(=O)NC(C)CC. The molecule has 17 heavy (non-hydrogen) atoms. The lowest BCUT2D eigenvalue weighted by molar-refractivity contribution is -0.117. The average molecular weight is 229 g/mol. The Balaban J connectivity index is 3.86. The summed E-state index contributed by atoms with van der Waals surface area (Å²) >= 11 is 0. The second-order valence-corrected chi connectivity index (χ2v) is 3.49. The van der Waals surface area contributed by atoms with E-state index < -0.39 is 0 Å². The van der Waals surface area contributed by atoms with Gasteiger partial charge in [0.05, 0.1) is 0 Å². The van der Waals surface area contributed by atoms with Gasteiger partial charge in [0.1, 0.15) is 0 Å². The third-order valence-electron chi connectivity index (χ3n) is 1.99. The fourth-order valence-corrected chi connectivity index (χ4v) is 0.899. The minimum atomic E-state index is -0.0630. The molecule has 0 aliphatic carbocycles. The highest BCUT2D eigenvalue weighted by Crippen LogP contribution is 1.88. The molecule has 0 fully saturated rings. The summed E-state index contributed by atoms with van der Waals surface area (Å²) in [5, 5.41) is 2.84. The number of allylic oxidation sites excluding steroid dienone is 3. The monoisotopic (exact) mass is 229 g/mol. The summed E-state index contributed by atoms with van der Waals surface area (Å²) in [5.74, 6) is 10.9. The van der Waals surface area contributed by atoms with Gasteiger partial charge in [0, 0.05) is 18.5 Å². The van der Waals surface area contributed by atoms with E-state index in [-0.39, 0.29) is 11.9 Å². The van der Waals surface area contributed by atoms with Crippen LogP contribution in [-0.2, 0) is 4.79 Å². The smallest absolute Gasteiger partial charge is 0.244 e. The maximum Gasteiger partial charge on any atom is 0.244 e. The van der Waals surface area contributed by atoms with Crippen molar-refractivity contribution in [1.29, 1.82) is 0 Å². The van der Waals surface area contributed by atoms with Crippen LogP contribution in [0, 0.1) is 23.7 Å². The average Bonchev–Trinajstić information content (AvgIpc) is 2.32. The van der Waals surface area contributed by atoms with Gasteiger partial charge in [0.15, 0.2) is 0 Å². The fraction of sp³-hybridized carbons (Fsp3) is 0.400. The van der Waals surface area contributed by atoms with Crippen LogP contribution in [0.1, 0.15) is 33.6 Å². The molecule has 0 heterocycles. The van der Waals surface area contributed by atoms with Crippen LogP contribution in [-0.4, -0.2) is 11.9 Å². The molecule has 0 spiro atoms. The van der Waals surface area contributed by atoms with Gasteiger partial charge in [0.2, 0.25) is 5.91 Å². The van der Waals surface area contributed by atoms with E-state index in [9.17, 15) is 4.79 Å². The molecule has 0 rings (SSSR count). The predicted molar refractivity (Wildman–Crippen MR) is 72.0 cm³/mol. The second kappa shape index (κ2) is 10.6. The summed E-state index contributed by atoms with van der Waals surface area (Å²) in [4.78, 5) is 11.3. The van der Waals surface area contributed by atoms with Gasteiger partial charge < -0.3 is 5.32 Å². The third-order valence-corrected chi connectivity index (χ3v) is 1.99. The van der Waals surface area contributed by atoms with Crippen molar-refractivity contribution in [2.45, 2.75) is 39.7 Å². The van der Waals surface area contributed by atoms with Crippen molar-refractivity contribution < 1.29 is 4.79 Å². The summed E-state index contributed by atoms with van der Waals surface area (Å²) in [6, 6.07) is 0.217. The highest BCUT2D eigenvalue weighted by Gasteiger charge is 1.99. The molecule has 1 unspecified atom stereocenters. The fourth-order valence-electron chi connectivity index (χ4n) is 0.899. The summed E-state index contributed by atoms with van der Waals surface area (Å²) in [6.45, 7) is 5.77. The van der Waals surface area contributed by atoms with E-state index in [0.29, 0.717) is 6.42 Å². The van der Waals surface area contributed by atoms with E-state index >= 15 is 0 Å². The molecule has 2 heteroatoms. The first-order chi connectivity index (χ1) is 8.20. The quantitative estimate of drug-likeness (QED) is 0.438. The molecule has 90 valence electrons. The Labute approximate surface area is 104 Å². The third kappa shape index (κ3) is 10.4. The molecule has 0 saturated carbocycles. The number of hydrogen-bond donors (Lipinski definition) is 1. The molecule has 0 bridgehead atoms. The molecule has 0 aliphatic rings. The largest absolute Gasteiger partial charge is 0.350 e. The first-order valence-electron chi connectivity index (χ1n) is 5.74. The number of carbonyl (C=O) groups excluding carboxylic acids is 1. The Morgan fingerprint density at radius 3 is 2.76 bits per heavy atom. The van der Waals surface area contributed by atoms with Crippen molar-refractivity contribution >= 4 is 5.91 Å². The van der Waals surface area contributed by atoms with E-state index in [2.05, 4.69) is 29.0 Å². The van der Waals surface area contributed by atoms with Crippen LogP contribution in [0.25, 0.3) is 0 Å². The minimum absolute atomic E-state index is 0.0630. The van der Waals surface area contributed by atoms with Crippen LogP contribution >= 0.6 is 0 Å². The van der Waals surface area contributed by atoms with Crippen molar-refractivity contribution in [2.75, 3.05) is 0 Å². The normalized spacial score (nSPS) is 11.5. The Morgan fingerprint density at radius 1 is 1.35 bits per heavy atom. The van der Waals surface area contributed by atoms with Crippen molar-refractivity contribution in [3.8, 4) is 23.7 Å². The zero-order valence-corrected chi connectivity index (χ0v) is 10.7. The van der Waals surface area contributed by atoms with Gasteiger partial charge in [-0.15, -0.1) is 0 Å². The highest BCUT2D eigenvalue weighted by molar-refractivity contribution is 5.87. The zero-order chi connectivity index (χ0) is 12.9. The Morgan fingerprint density at radius 2 is 2.12 bits per heavy atom. The number of hydrogen-bond acceptors (Lipinski definition) is 1. The summed E-state index contributed by atoms with van der Waals surface area (Å²) < 4.78 is 0. The molecular formula is C15H19NO. The molecule has 0 aliphatic heterocycles. The van der Waals surface area contributed by atoms with E-state index in [4.69, 9.17) is 0 Å². The van der Waals surface area contributed by atoms with Gasteiger partial charge in [0.25, 0.3) is 0 Å². The van der Waals surface area contributed by atoms with E-state index in [1.807, 2.05) is 26.0 Å². The van der Waals surface area contributed by atoms with Crippen LogP contribution in [0.15, 0.2) is 24.3 Å². The van der Waals surface area contributed by atoms with Gasteiger partial charge in [-0.3, -0.25) is 4.79 Å². The summed E-state index contributed by atoms with van der Waals surface area (Å²) in [7, 11) is 0. The molecule has 1 amide bonds. The van der Waals surface area contributed by atoms with Crippen LogP contribution in [0.2, 0.25) is 0 Å². The van der Waals surface area contributed by atoms with E-state index in [1.54, 1.807) is 13.0 Å². The van der Waals surface area contributed by atoms with Gasteiger partial charge in [-0.05, 0) is 32.1 Å². The van der Waals surface area contributed by atoms with E-state index in [1.165, 1.54) is 6.08 Å². The van der Waals surface area contributed by atoms with Crippen LogP contribution in [0.4, 0.5) is 0 Å². The Bertz CT molecular complexity index is 396. The lowest BCUT2D eigenvalue weighted by atomic mass is 10.2. The van der Waals surface area contributed by atoms with Crippen LogP contribution < -0.4 is 5.32 Å². The van der Waals surface area contributed by atoms with Crippen molar-refractivity contribution in [1.82, 2.24) is 5.32 Å². The standard InChI is InChI=1S/C15H19NO/c1-4-6-7-8-9-10-11-12-13-15(17)16-14(3)5-2/h10-14H,5,9H2,1-3H3,(H,16,17). The Kier molecular flexibility index (Phi) is 9.38. The number of amides is 1. The Hall–Kier alpha value is -1.93. The molecule has 1 atom stereocenters. The van der Waals surface area contributed by atoms with Gasteiger partial charge in [-0.25, -0.2) is 0 Å². The van der Waals surface area contributed by atoms with E-state index in [0.717, 1.165) is 6.42 Å². The van der Waals surface area contributed by atoms with Crippen molar-refractivity contribution in [3.63, 3.8) is 0 Å². The van der Waals surface area contributed by atoms with Gasteiger partial charge in [-0.1, -0.05) is 37.0 Å². The van der Waals surface area contributed by atoms with Crippen molar-refractivity contribution in [3.05, 3.63) is 24.3 Å². The second-order valence-electron chi connectivity index (χ2n) is 3.49. The molecule has 0 aromatic rings. The lowest BCUT2D eigenvalue weighted by Gasteiger charge is -2.07. The topological polar surface area (TPSA) is 29.1 Å². The van der Waals surface area contributed by atoms with Crippen LogP contribution in [0.5, 0.6) is 0 Å². The molecule has 0 aromatic heterocycles. The predicted octanol–water partition coefficient (Wildman–Crippen LogP) is 2.43. The van der Waals surface area contributed by atoms with Crippen molar-refractivity contribution in [2.24, 2.45) is 0 Å².